The van der Waals surface area contributed by atoms with Crippen molar-refractivity contribution >= 4 is 39.1 Å². The summed E-state index contributed by atoms with van der Waals surface area (Å²) in [5.74, 6) is 0.965. The molecule has 1 aromatic rings. The zero-order valence-electron chi connectivity index (χ0n) is 14.0. The van der Waals surface area contributed by atoms with Gasteiger partial charge in [0.2, 0.25) is 5.91 Å². The summed E-state index contributed by atoms with van der Waals surface area (Å²) in [7, 11) is 5.43. The van der Waals surface area contributed by atoms with E-state index in [0.717, 1.165) is 42.7 Å². The van der Waals surface area contributed by atoms with Gasteiger partial charge in [0, 0.05) is 42.4 Å². The predicted octanol–water partition coefficient (Wildman–Crippen LogP) is 2.82. The standard InChI is InChI=1S/C16H25BrN4OS/c1-18-15(19-9-13-8-12(17)10-23-13)20-11-16(6-4-5-7-16)14(22)21(2)3/h8,10H,4-7,9,11H2,1-3H3,(H2,18,19,20). The summed E-state index contributed by atoms with van der Waals surface area (Å²) in [5.41, 5.74) is -0.285. The molecule has 2 N–H and O–H groups in total. The van der Waals surface area contributed by atoms with Gasteiger partial charge < -0.3 is 15.5 Å². The molecule has 0 atom stereocenters. The Labute approximate surface area is 150 Å². The molecule has 0 bridgehead atoms. The number of amides is 1. The fourth-order valence-corrected chi connectivity index (χ4v) is 4.47. The fourth-order valence-electron chi connectivity index (χ4n) is 3.08. The van der Waals surface area contributed by atoms with Gasteiger partial charge in [0.15, 0.2) is 5.96 Å². The zero-order chi connectivity index (χ0) is 16.9. The van der Waals surface area contributed by atoms with Gasteiger partial charge in [0.05, 0.1) is 12.0 Å². The zero-order valence-corrected chi connectivity index (χ0v) is 16.4. The summed E-state index contributed by atoms with van der Waals surface area (Å²) in [6, 6.07) is 2.10. The van der Waals surface area contributed by atoms with Gasteiger partial charge in [-0.3, -0.25) is 9.79 Å². The first-order valence-electron chi connectivity index (χ1n) is 7.86. The lowest BCUT2D eigenvalue weighted by atomic mass is 9.84. The second-order valence-corrected chi connectivity index (χ2v) is 8.11. The van der Waals surface area contributed by atoms with Crippen molar-refractivity contribution < 1.29 is 4.79 Å². The van der Waals surface area contributed by atoms with Crippen molar-refractivity contribution in [1.29, 1.82) is 0 Å². The second kappa shape index (κ2) is 8.15. The van der Waals surface area contributed by atoms with Crippen LogP contribution in [0.15, 0.2) is 20.9 Å². The Morgan fingerprint density at radius 1 is 1.39 bits per heavy atom. The van der Waals surface area contributed by atoms with Crippen LogP contribution in [0.3, 0.4) is 0 Å². The highest BCUT2D eigenvalue weighted by atomic mass is 79.9. The van der Waals surface area contributed by atoms with Crippen molar-refractivity contribution in [2.45, 2.75) is 32.2 Å². The molecule has 0 saturated heterocycles. The molecule has 1 saturated carbocycles. The van der Waals surface area contributed by atoms with E-state index in [9.17, 15) is 4.79 Å². The van der Waals surface area contributed by atoms with E-state index < -0.39 is 0 Å². The summed E-state index contributed by atoms with van der Waals surface area (Å²) < 4.78 is 1.10. The highest BCUT2D eigenvalue weighted by molar-refractivity contribution is 9.10. The van der Waals surface area contributed by atoms with Crippen molar-refractivity contribution in [2.24, 2.45) is 10.4 Å². The maximum absolute atomic E-state index is 12.6. The summed E-state index contributed by atoms with van der Waals surface area (Å²) in [6.45, 7) is 1.36. The van der Waals surface area contributed by atoms with E-state index in [2.05, 4.69) is 43.0 Å². The van der Waals surface area contributed by atoms with Gasteiger partial charge in [0.25, 0.3) is 0 Å². The van der Waals surface area contributed by atoms with Crippen LogP contribution in [0.4, 0.5) is 0 Å². The van der Waals surface area contributed by atoms with Crippen molar-refractivity contribution in [3.63, 3.8) is 0 Å². The number of rotatable bonds is 5. The minimum atomic E-state index is -0.285. The molecule has 5 nitrogen and oxygen atoms in total. The van der Waals surface area contributed by atoms with E-state index in [4.69, 9.17) is 0 Å². The minimum Gasteiger partial charge on any atom is -0.355 e. The molecule has 0 aliphatic heterocycles. The number of carbonyl (C=O) groups is 1. The molecule has 1 aliphatic carbocycles. The molecule has 7 heteroatoms. The van der Waals surface area contributed by atoms with Crippen LogP contribution in [0.1, 0.15) is 30.6 Å². The van der Waals surface area contributed by atoms with E-state index in [1.807, 2.05) is 14.1 Å². The van der Waals surface area contributed by atoms with Gasteiger partial charge in [0.1, 0.15) is 0 Å². The topological polar surface area (TPSA) is 56.7 Å². The minimum absolute atomic E-state index is 0.222. The highest BCUT2D eigenvalue weighted by Crippen LogP contribution is 2.38. The average Bonchev–Trinajstić information content (AvgIpc) is 3.16. The molecule has 0 aromatic carbocycles. The lowest BCUT2D eigenvalue weighted by Crippen LogP contribution is -2.49. The van der Waals surface area contributed by atoms with Crippen LogP contribution in [0, 0.1) is 5.41 Å². The highest BCUT2D eigenvalue weighted by Gasteiger charge is 2.42. The molecule has 0 unspecified atom stereocenters. The van der Waals surface area contributed by atoms with Crippen molar-refractivity contribution in [2.75, 3.05) is 27.7 Å². The van der Waals surface area contributed by atoms with E-state index >= 15 is 0 Å². The molecule has 128 valence electrons. The lowest BCUT2D eigenvalue weighted by molar-refractivity contribution is -0.138. The monoisotopic (exact) mass is 400 g/mol. The second-order valence-electron chi connectivity index (χ2n) is 6.20. The van der Waals surface area contributed by atoms with Crippen LogP contribution < -0.4 is 10.6 Å². The third-order valence-electron chi connectivity index (χ3n) is 4.29. The van der Waals surface area contributed by atoms with Gasteiger partial charge in [-0.15, -0.1) is 11.3 Å². The van der Waals surface area contributed by atoms with Crippen LogP contribution in [0.2, 0.25) is 0 Å². The Hall–Kier alpha value is -1.08. The van der Waals surface area contributed by atoms with Gasteiger partial charge in [-0.2, -0.15) is 0 Å². The van der Waals surface area contributed by atoms with Crippen molar-refractivity contribution in [3.8, 4) is 0 Å². The van der Waals surface area contributed by atoms with E-state index in [1.54, 1.807) is 23.3 Å². The number of hydrogen-bond acceptors (Lipinski definition) is 3. The molecular formula is C16H25BrN4OS. The van der Waals surface area contributed by atoms with Gasteiger partial charge in [-0.1, -0.05) is 12.8 Å². The Bertz CT molecular complexity index is 564. The largest absolute Gasteiger partial charge is 0.355 e. The van der Waals surface area contributed by atoms with Crippen molar-refractivity contribution in [3.05, 3.63) is 20.8 Å². The van der Waals surface area contributed by atoms with E-state index in [0.29, 0.717) is 6.54 Å². The quantitative estimate of drug-likeness (QED) is 0.589. The molecule has 1 aliphatic rings. The lowest BCUT2D eigenvalue weighted by Gasteiger charge is -2.31. The van der Waals surface area contributed by atoms with Crippen LogP contribution >= 0.6 is 27.3 Å². The summed E-state index contributed by atoms with van der Waals surface area (Å²) >= 11 is 5.16. The molecule has 0 spiro atoms. The average molecular weight is 401 g/mol. The Morgan fingerprint density at radius 2 is 2.09 bits per heavy atom. The number of thiophene rings is 1. The van der Waals surface area contributed by atoms with Gasteiger partial charge >= 0.3 is 0 Å². The molecule has 1 amide bonds. The molecule has 1 aromatic heterocycles. The molecule has 1 fully saturated rings. The number of aliphatic imine (C=N–C) groups is 1. The Kier molecular flexibility index (Phi) is 6.47. The van der Waals surface area contributed by atoms with Gasteiger partial charge in [-0.25, -0.2) is 0 Å². The third-order valence-corrected chi connectivity index (χ3v) is 5.99. The maximum atomic E-state index is 12.6. The molecule has 23 heavy (non-hydrogen) atoms. The Morgan fingerprint density at radius 3 is 2.61 bits per heavy atom. The first-order valence-corrected chi connectivity index (χ1v) is 9.53. The number of hydrogen-bond donors (Lipinski definition) is 2. The predicted molar refractivity (Wildman–Crippen MR) is 99.8 cm³/mol. The fraction of sp³-hybridized carbons (Fsp3) is 0.625. The number of guanidine groups is 1. The van der Waals surface area contributed by atoms with Crippen LogP contribution in [0.25, 0.3) is 0 Å². The Balaban J connectivity index is 1.92. The molecular weight excluding hydrogens is 376 g/mol. The smallest absolute Gasteiger partial charge is 0.230 e. The normalized spacial score (nSPS) is 17.1. The van der Waals surface area contributed by atoms with E-state index in [1.165, 1.54) is 4.88 Å². The third kappa shape index (κ3) is 4.70. The van der Waals surface area contributed by atoms with Gasteiger partial charge in [-0.05, 0) is 34.8 Å². The summed E-state index contributed by atoms with van der Waals surface area (Å²) in [6.07, 6.45) is 4.14. The van der Waals surface area contributed by atoms with Crippen LogP contribution in [-0.4, -0.2) is 44.5 Å². The van der Waals surface area contributed by atoms with Crippen LogP contribution in [0.5, 0.6) is 0 Å². The number of halogens is 1. The first-order chi connectivity index (χ1) is 11.0. The molecule has 1 heterocycles. The number of nitrogens with one attached hydrogen (secondary N) is 2. The van der Waals surface area contributed by atoms with Crippen LogP contribution in [-0.2, 0) is 11.3 Å². The SMILES string of the molecule is CN=C(NCc1cc(Br)cs1)NCC1(C(=O)N(C)C)CCCC1. The van der Waals surface area contributed by atoms with E-state index in [-0.39, 0.29) is 11.3 Å². The maximum Gasteiger partial charge on any atom is 0.230 e. The number of nitrogens with zero attached hydrogens (tertiary/aromatic N) is 2. The number of carbonyl (C=O) groups excluding carboxylic acids is 1. The summed E-state index contributed by atoms with van der Waals surface area (Å²) in [5, 5.41) is 8.73. The van der Waals surface area contributed by atoms with Crippen molar-refractivity contribution in [1.82, 2.24) is 15.5 Å². The first kappa shape index (κ1) is 18.3. The molecule has 2 rings (SSSR count). The molecule has 0 radical (unpaired) electrons. The summed E-state index contributed by atoms with van der Waals surface area (Å²) in [4.78, 5) is 19.8.